The van der Waals surface area contributed by atoms with Crippen molar-refractivity contribution in [2.45, 2.75) is 46.2 Å². The molecule has 4 heteroatoms. The molecule has 0 amide bonds. The molecular weight excluding hydrogens is 361 g/mol. The topological polar surface area (TPSA) is 17.1 Å². The lowest BCUT2D eigenvalue weighted by molar-refractivity contribution is -0.137. The van der Waals surface area contributed by atoms with E-state index in [1.165, 1.54) is 12.1 Å². The van der Waals surface area contributed by atoms with Crippen LogP contribution in [0.25, 0.3) is 11.1 Å². The molecule has 0 spiro atoms. The number of aryl methyl sites for hydroxylation is 1. The summed E-state index contributed by atoms with van der Waals surface area (Å²) in [6.07, 6.45) is 2.69. The van der Waals surface area contributed by atoms with E-state index in [-0.39, 0.29) is 0 Å². The van der Waals surface area contributed by atoms with Gasteiger partial charge >= 0.3 is 6.18 Å². The number of halogens is 3. The van der Waals surface area contributed by atoms with Crippen molar-refractivity contribution in [2.75, 3.05) is 0 Å². The molecule has 0 aliphatic carbocycles. The summed E-state index contributed by atoms with van der Waals surface area (Å²) in [5.41, 5.74) is 4.27. The molecule has 0 fully saturated rings. The predicted octanol–water partition coefficient (Wildman–Crippen LogP) is 7.04. The second kappa shape index (κ2) is 9.54. The molecule has 2 aromatic rings. The predicted molar refractivity (Wildman–Crippen MR) is 109 cm³/mol. The van der Waals surface area contributed by atoms with Crippen molar-refractivity contribution in [1.82, 2.24) is 0 Å². The lowest BCUT2D eigenvalue weighted by Crippen LogP contribution is -2.04. The van der Waals surface area contributed by atoms with E-state index in [2.05, 4.69) is 6.92 Å². The van der Waals surface area contributed by atoms with Gasteiger partial charge in [-0.25, -0.2) is 0 Å². The van der Waals surface area contributed by atoms with Gasteiger partial charge in [0.1, 0.15) is 6.29 Å². The highest BCUT2D eigenvalue weighted by Gasteiger charge is 2.30. The van der Waals surface area contributed by atoms with Gasteiger partial charge in [0.2, 0.25) is 0 Å². The van der Waals surface area contributed by atoms with Gasteiger partial charge in [-0.2, -0.15) is 13.2 Å². The maximum atomic E-state index is 13.0. The minimum atomic E-state index is -4.36. The van der Waals surface area contributed by atoms with E-state index < -0.39 is 11.7 Å². The lowest BCUT2D eigenvalue weighted by atomic mass is 9.92. The molecule has 28 heavy (non-hydrogen) atoms. The highest BCUT2D eigenvalue weighted by Crippen LogP contribution is 2.31. The van der Waals surface area contributed by atoms with Crippen LogP contribution < -0.4 is 0 Å². The number of carbonyl (C=O) groups is 1. The van der Waals surface area contributed by atoms with E-state index in [4.69, 9.17) is 0 Å². The zero-order valence-electron chi connectivity index (χ0n) is 16.4. The van der Waals surface area contributed by atoms with E-state index in [9.17, 15) is 18.0 Å². The van der Waals surface area contributed by atoms with Gasteiger partial charge < -0.3 is 0 Å². The van der Waals surface area contributed by atoms with Gasteiger partial charge in [-0.05, 0) is 66.6 Å². The maximum absolute atomic E-state index is 13.0. The number of benzene rings is 2. The van der Waals surface area contributed by atoms with Crippen LogP contribution >= 0.6 is 0 Å². The number of unbranched alkanes of at least 4 members (excludes halogenated alkanes) is 1. The first-order valence-electron chi connectivity index (χ1n) is 9.36. The van der Waals surface area contributed by atoms with Crippen molar-refractivity contribution in [3.63, 3.8) is 0 Å². The molecule has 0 unspecified atom stereocenters. The Hall–Kier alpha value is -2.62. The number of alkyl halides is 3. The van der Waals surface area contributed by atoms with Crippen molar-refractivity contribution in [2.24, 2.45) is 0 Å². The number of carbonyl (C=O) groups excluding carboxylic acids is 1. The monoisotopic (exact) mass is 386 g/mol. The Labute approximate surface area is 164 Å². The molecule has 148 valence electrons. The Balaban J connectivity index is 2.37. The van der Waals surface area contributed by atoms with E-state index in [1.807, 2.05) is 37.3 Å². The van der Waals surface area contributed by atoms with Gasteiger partial charge in [-0.3, -0.25) is 4.79 Å². The summed E-state index contributed by atoms with van der Waals surface area (Å²) in [6.45, 7) is 5.84. The second-order valence-electron chi connectivity index (χ2n) is 6.84. The van der Waals surface area contributed by atoms with Crippen molar-refractivity contribution in [3.05, 3.63) is 82.4 Å². The van der Waals surface area contributed by atoms with Crippen molar-refractivity contribution >= 4 is 17.4 Å². The fourth-order valence-corrected chi connectivity index (χ4v) is 3.08. The Morgan fingerprint density at radius 2 is 1.79 bits per heavy atom. The van der Waals surface area contributed by atoms with E-state index in [0.717, 1.165) is 47.5 Å². The third-order valence-electron chi connectivity index (χ3n) is 4.76. The number of rotatable bonds is 7. The van der Waals surface area contributed by atoms with Crippen LogP contribution in [0.1, 0.15) is 54.5 Å². The van der Waals surface area contributed by atoms with Crippen LogP contribution in [0.4, 0.5) is 13.2 Å². The second-order valence-corrected chi connectivity index (χ2v) is 6.84. The first-order chi connectivity index (χ1) is 13.3. The molecule has 0 radical (unpaired) electrons. The summed E-state index contributed by atoms with van der Waals surface area (Å²) in [6, 6.07) is 11.2. The van der Waals surface area contributed by atoms with Crippen LogP contribution in [-0.4, -0.2) is 6.29 Å². The first-order valence-corrected chi connectivity index (χ1v) is 9.36. The third-order valence-corrected chi connectivity index (χ3v) is 4.76. The minimum Gasteiger partial charge on any atom is -0.298 e. The van der Waals surface area contributed by atoms with E-state index in [0.29, 0.717) is 17.6 Å². The molecule has 0 aromatic heterocycles. The van der Waals surface area contributed by atoms with E-state index >= 15 is 0 Å². The maximum Gasteiger partial charge on any atom is 0.416 e. The number of allylic oxidation sites excluding steroid dienone is 4. The fourth-order valence-electron chi connectivity index (χ4n) is 3.08. The molecule has 0 saturated heterocycles. The van der Waals surface area contributed by atoms with Gasteiger partial charge in [0.05, 0.1) is 5.56 Å². The van der Waals surface area contributed by atoms with Crippen LogP contribution in [-0.2, 0) is 17.4 Å². The van der Waals surface area contributed by atoms with Crippen molar-refractivity contribution in [1.29, 1.82) is 0 Å². The molecule has 0 aliphatic rings. The molecule has 2 aromatic carbocycles. The Morgan fingerprint density at radius 1 is 1.07 bits per heavy atom. The fraction of sp³-hybridized carbons (Fsp3) is 0.292. The quantitative estimate of drug-likeness (QED) is 0.368. The zero-order valence-corrected chi connectivity index (χ0v) is 16.4. The van der Waals surface area contributed by atoms with Gasteiger partial charge in [0, 0.05) is 5.57 Å². The normalized spacial score (nSPS) is 12.9. The summed E-state index contributed by atoms with van der Waals surface area (Å²) in [7, 11) is 0. The molecule has 0 N–H and O–H groups in total. The Kier molecular flexibility index (Phi) is 7.38. The Bertz CT molecular complexity index is 889. The average Bonchev–Trinajstić information content (AvgIpc) is 2.67. The summed E-state index contributed by atoms with van der Waals surface area (Å²) < 4.78 is 38.9. The third kappa shape index (κ3) is 5.44. The van der Waals surface area contributed by atoms with Crippen molar-refractivity contribution in [3.8, 4) is 0 Å². The molecule has 0 bridgehead atoms. The standard InChI is InChI=1S/C24H25F3O/c1-4-5-9-20(16-28)23-12-6-8-18(3)22(23)14-13-17(2)19-10-7-11-21(15-19)24(25,26)27/h6-13,15-16H,4-5,14H2,1-3H3/b17-13+,20-9+. The molecule has 0 atom stereocenters. The zero-order chi connectivity index (χ0) is 20.7. The average molecular weight is 386 g/mol. The van der Waals surface area contributed by atoms with Gasteiger partial charge in [-0.15, -0.1) is 0 Å². The van der Waals surface area contributed by atoms with Crippen LogP contribution in [0.2, 0.25) is 0 Å². The molecule has 1 nitrogen and oxygen atoms in total. The van der Waals surface area contributed by atoms with Gasteiger partial charge in [0.15, 0.2) is 0 Å². The summed E-state index contributed by atoms with van der Waals surface area (Å²) in [5.74, 6) is 0. The van der Waals surface area contributed by atoms with Gasteiger partial charge in [-0.1, -0.05) is 55.8 Å². The van der Waals surface area contributed by atoms with Crippen LogP contribution in [0.3, 0.4) is 0 Å². The summed E-state index contributed by atoms with van der Waals surface area (Å²) in [4.78, 5) is 11.6. The molecule has 0 heterocycles. The summed E-state index contributed by atoms with van der Waals surface area (Å²) in [5, 5.41) is 0. The molecule has 0 aliphatic heterocycles. The first kappa shape index (κ1) is 21.7. The minimum absolute atomic E-state index is 0.543. The number of hydrogen-bond acceptors (Lipinski definition) is 1. The van der Waals surface area contributed by atoms with E-state index in [1.54, 1.807) is 13.0 Å². The highest BCUT2D eigenvalue weighted by molar-refractivity contribution is 6.07. The highest BCUT2D eigenvalue weighted by atomic mass is 19.4. The molecular formula is C24H25F3O. The molecule has 2 rings (SSSR count). The smallest absolute Gasteiger partial charge is 0.298 e. The van der Waals surface area contributed by atoms with Crippen molar-refractivity contribution < 1.29 is 18.0 Å². The Morgan fingerprint density at radius 3 is 2.43 bits per heavy atom. The SMILES string of the molecule is CCC/C=C(\C=O)c1cccc(C)c1C/C=C(\C)c1cccc(C(F)(F)F)c1. The van der Waals surface area contributed by atoms with Gasteiger partial charge in [0.25, 0.3) is 0 Å². The van der Waals surface area contributed by atoms with Crippen LogP contribution in [0.5, 0.6) is 0 Å². The summed E-state index contributed by atoms with van der Waals surface area (Å²) >= 11 is 0. The number of aldehydes is 1. The largest absolute Gasteiger partial charge is 0.416 e. The van der Waals surface area contributed by atoms with Crippen LogP contribution in [0.15, 0.2) is 54.6 Å². The lowest BCUT2D eigenvalue weighted by Gasteiger charge is -2.13. The number of hydrogen-bond donors (Lipinski definition) is 0. The molecule has 0 saturated carbocycles. The van der Waals surface area contributed by atoms with Crippen LogP contribution in [0, 0.1) is 6.92 Å².